The first kappa shape index (κ1) is 17.0. The van der Waals surface area contributed by atoms with Gasteiger partial charge in [-0.3, -0.25) is 4.90 Å². The van der Waals surface area contributed by atoms with Gasteiger partial charge in [0.1, 0.15) is 18.2 Å². The van der Waals surface area contributed by atoms with Crippen molar-refractivity contribution < 1.29 is 19.1 Å². The molecular formula is C16H23NO4. The van der Waals surface area contributed by atoms with Gasteiger partial charge in [0.15, 0.2) is 0 Å². The highest BCUT2D eigenvalue weighted by Gasteiger charge is 2.27. The number of amides is 1. The molecule has 1 amide bonds. The van der Waals surface area contributed by atoms with Gasteiger partial charge in [-0.25, -0.2) is 9.59 Å². The van der Waals surface area contributed by atoms with Gasteiger partial charge in [-0.15, -0.1) is 0 Å². The van der Waals surface area contributed by atoms with Gasteiger partial charge in [0.25, 0.3) is 0 Å². The molecule has 1 aromatic carbocycles. The van der Waals surface area contributed by atoms with E-state index in [2.05, 4.69) is 0 Å². The fourth-order valence-corrected chi connectivity index (χ4v) is 1.50. The molecule has 0 bridgehead atoms. The van der Waals surface area contributed by atoms with Crippen molar-refractivity contribution in [2.24, 2.45) is 0 Å². The molecule has 0 unspecified atom stereocenters. The van der Waals surface area contributed by atoms with Crippen molar-refractivity contribution in [1.82, 2.24) is 4.90 Å². The largest absolute Gasteiger partial charge is 0.459 e. The molecule has 0 fully saturated rings. The van der Waals surface area contributed by atoms with Gasteiger partial charge in [-0.1, -0.05) is 30.3 Å². The average Bonchev–Trinajstić information content (AvgIpc) is 2.42. The van der Waals surface area contributed by atoms with Crippen LogP contribution in [0.2, 0.25) is 0 Å². The van der Waals surface area contributed by atoms with E-state index in [-0.39, 0.29) is 6.61 Å². The summed E-state index contributed by atoms with van der Waals surface area (Å²) in [6.07, 6.45) is -0.549. The number of hydrogen-bond donors (Lipinski definition) is 0. The minimum absolute atomic E-state index is 0.187. The van der Waals surface area contributed by atoms with Crippen LogP contribution in [0.1, 0.15) is 33.3 Å². The van der Waals surface area contributed by atoms with Gasteiger partial charge >= 0.3 is 12.1 Å². The molecule has 1 rings (SSSR count). The lowest BCUT2D eigenvalue weighted by Crippen LogP contribution is -2.43. The van der Waals surface area contributed by atoms with Crippen LogP contribution in [0.15, 0.2) is 30.3 Å². The Morgan fingerprint density at radius 2 is 1.76 bits per heavy atom. The lowest BCUT2D eigenvalue weighted by atomic mass is 10.2. The maximum atomic E-state index is 12.0. The Morgan fingerprint density at radius 3 is 2.29 bits per heavy atom. The Morgan fingerprint density at radius 1 is 1.19 bits per heavy atom. The highest BCUT2D eigenvalue weighted by atomic mass is 16.6. The van der Waals surface area contributed by atoms with Crippen LogP contribution >= 0.6 is 0 Å². The summed E-state index contributed by atoms with van der Waals surface area (Å²) in [7, 11) is 1.52. The molecule has 0 spiro atoms. The van der Waals surface area contributed by atoms with E-state index in [1.807, 2.05) is 30.3 Å². The third-order valence-electron chi connectivity index (χ3n) is 2.83. The smallest absolute Gasteiger partial charge is 0.410 e. The third-order valence-corrected chi connectivity index (χ3v) is 2.83. The summed E-state index contributed by atoms with van der Waals surface area (Å²) in [6, 6.07) is 8.68. The van der Waals surface area contributed by atoms with Crippen LogP contribution in [-0.4, -0.2) is 35.7 Å². The van der Waals surface area contributed by atoms with E-state index in [0.717, 1.165) is 5.56 Å². The zero-order chi connectivity index (χ0) is 16.0. The van der Waals surface area contributed by atoms with Crippen molar-refractivity contribution in [3.05, 3.63) is 35.9 Å². The Bertz CT molecular complexity index is 479. The van der Waals surface area contributed by atoms with E-state index >= 15 is 0 Å². The Balaban J connectivity index is 2.51. The molecular weight excluding hydrogens is 270 g/mol. The first-order valence-corrected chi connectivity index (χ1v) is 6.87. The van der Waals surface area contributed by atoms with Crippen LogP contribution in [-0.2, 0) is 20.9 Å². The van der Waals surface area contributed by atoms with Gasteiger partial charge in [0.05, 0.1) is 0 Å². The standard InChI is InChI=1S/C16H23NO4/c1-12(17(5)15(19)21-16(2,3)4)14(18)20-11-13-9-7-6-8-10-13/h6-10,12H,11H2,1-5H3/t12-/m1/s1. The first-order valence-electron chi connectivity index (χ1n) is 6.87. The van der Waals surface area contributed by atoms with E-state index in [4.69, 9.17) is 9.47 Å². The molecule has 0 N–H and O–H groups in total. The normalized spacial score (nSPS) is 12.4. The number of benzene rings is 1. The number of rotatable bonds is 4. The molecule has 0 aliphatic rings. The minimum Gasteiger partial charge on any atom is -0.459 e. The highest BCUT2D eigenvalue weighted by Crippen LogP contribution is 2.11. The SMILES string of the molecule is C[C@H](C(=O)OCc1ccccc1)N(C)C(=O)OC(C)(C)C. The molecule has 1 aromatic rings. The maximum Gasteiger partial charge on any atom is 0.410 e. The molecule has 0 aliphatic heterocycles. The number of carbonyl (C=O) groups is 2. The fraction of sp³-hybridized carbons (Fsp3) is 0.500. The molecule has 0 aromatic heterocycles. The predicted octanol–water partition coefficient (Wildman–Crippen LogP) is 2.99. The third kappa shape index (κ3) is 5.85. The van der Waals surface area contributed by atoms with Crippen LogP contribution in [0.5, 0.6) is 0 Å². The van der Waals surface area contributed by atoms with Gasteiger partial charge in [0, 0.05) is 7.05 Å². The molecule has 21 heavy (non-hydrogen) atoms. The molecule has 5 nitrogen and oxygen atoms in total. The van der Waals surface area contributed by atoms with Crippen LogP contribution < -0.4 is 0 Å². The summed E-state index contributed by atoms with van der Waals surface area (Å²) in [6.45, 7) is 7.12. The first-order chi connectivity index (χ1) is 9.70. The Kier molecular flexibility index (Phi) is 5.76. The number of carbonyl (C=O) groups excluding carboxylic acids is 2. The van der Waals surface area contributed by atoms with Gasteiger partial charge in [0.2, 0.25) is 0 Å². The lowest BCUT2D eigenvalue weighted by molar-refractivity contribution is -0.150. The number of likely N-dealkylation sites (N-methyl/N-ethyl adjacent to an activating group) is 1. The average molecular weight is 293 g/mol. The van der Waals surface area contributed by atoms with Crippen LogP contribution in [0.4, 0.5) is 4.79 Å². The van der Waals surface area contributed by atoms with Gasteiger partial charge in [-0.2, -0.15) is 0 Å². The van der Waals surface area contributed by atoms with Gasteiger partial charge < -0.3 is 9.47 Å². The summed E-state index contributed by atoms with van der Waals surface area (Å²) in [5.74, 6) is -0.466. The monoisotopic (exact) mass is 293 g/mol. The van der Waals surface area contributed by atoms with Crippen molar-refractivity contribution in [2.45, 2.75) is 45.9 Å². The summed E-state index contributed by atoms with van der Waals surface area (Å²) >= 11 is 0. The molecule has 0 radical (unpaired) electrons. The number of hydrogen-bond acceptors (Lipinski definition) is 4. The number of nitrogens with zero attached hydrogens (tertiary/aromatic N) is 1. The summed E-state index contributed by atoms with van der Waals surface area (Å²) in [4.78, 5) is 25.1. The second kappa shape index (κ2) is 7.11. The fourth-order valence-electron chi connectivity index (χ4n) is 1.50. The topological polar surface area (TPSA) is 55.8 Å². The second-order valence-corrected chi connectivity index (χ2v) is 5.86. The quantitative estimate of drug-likeness (QED) is 0.801. The van der Waals surface area contributed by atoms with E-state index in [1.165, 1.54) is 11.9 Å². The van der Waals surface area contributed by atoms with E-state index in [9.17, 15) is 9.59 Å². The Hall–Kier alpha value is -2.04. The molecule has 0 heterocycles. The maximum absolute atomic E-state index is 12.0. The molecule has 0 saturated heterocycles. The second-order valence-electron chi connectivity index (χ2n) is 5.86. The predicted molar refractivity (Wildman–Crippen MR) is 79.7 cm³/mol. The van der Waals surface area contributed by atoms with Gasteiger partial charge in [-0.05, 0) is 33.3 Å². The van der Waals surface area contributed by atoms with Crippen LogP contribution in [0, 0.1) is 0 Å². The van der Waals surface area contributed by atoms with Crippen LogP contribution in [0.3, 0.4) is 0 Å². The number of ether oxygens (including phenoxy) is 2. The van der Waals surface area contributed by atoms with E-state index in [0.29, 0.717) is 0 Å². The molecule has 0 aliphatic carbocycles. The van der Waals surface area contributed by atoms with E-state index < -0.39 is 23.7 Å². The van der Waals surface area contributed by atoms with Crippen molar-refractivity contribution in [3.63, 3.8) is 0 Å². The minimum atomic E-state index is -0.705. The zero-order valence-electron chi connectivity index (χ0n) is 13.3. The van der Waals surface area contributed by atoms with Crippen molar-refractivity contribution in [2.75, 3.05) is 7.05 Å². The Labute approximate surface area is 125 Å². The molecule has 1 atom stereocenters. The number of esters is 1. The summed E-state index contributed by atoms with van der Waals surface area (Å²) in [5.41, 5.74) is 0.303. The van der Waals surface area contributed by atoms with E-state index in [1.54, 1.807) is 27.7 Å². The molecule has 5 heteroatoms. The van der Waals surface area contributed by atoms with Crippen LogP contribution in [0.25, 0.3) is 0 Å². The van der Waals surface area contributed by atoms with Crippen molar-refractivity contribution in [3.8, 4) is 0 Å². The summed E-state index contributed by atoms with van der Waals surface area (Å²) in [5, 5.41) is 0. The molecule has 116 valence electrons. The molecule has 0 saturated carbocycles. The summed E-state index contributed by atoms with van der Waals surface area (Å²) < 4.78 is 10.4. The van der Waals surface area contributed by atoms with Crippen molar-refractivity contribution >= 4 is 12.1 Å². The zero-order valence-corrected chi connectivity index (χ0v) is 13.3. The highest BCUT2D eigenvalue weighted by molar-refractivity contribution is 5.81. The van der Waals surface area contributed by atoms with Crippen molar-refractivity contribution in [1.29, 1.82) is 0 Å². The lowest BCUT2D eigenvalue weighted by Gasteiger charge is -2.27.